The van der Waals surface area contributed by atoms with E-state index in [4.69, 9.17) is 9.47 Å². The van der Waals surface area contributed by atoms with E-state index in [1.807, 2.05) is 0 Å². The summed E-state index contributed by atoms with van der Waals surface area (Å²) in [6, 6.07) is 2.38. The van der Waals surface area contributed by atoms with Crippen molar-refractivity contribution in [1.29, 1.82) is 0 Å². The molecule has 0 bridgehead atoms. The van der Waals surface area contributed by atoms with Crippen molar-refractivity contribution < 1.29 is 9.47 Å². The maximum absolute atomic E-state index is 5.86. The molecule has 1 aromatic rings. The molecule has 0 saturated carbocycles. The van der Waals surface area contributed by atoms with Crippen LogP contribution < -0.4 is 9.47 Å². The maximum atomic E-state index is 5.86. The molecule has 0 radical (unpaired) electrons. The van der Waals surface area contributed by atoms with Crippen molar-refractivity contribution in [1.82, 2.24) is 0 Å². The third kappa shape index (κ3) is 2.85. The summed E-state index contributed by atoms with van der Waals surface area (Å²) in [7, 11) is 3.54. The van der Waals surface area contributed by atoms with Gasteiger partial charge in [-0.3, -0.25) is 0 Å². The second kappa shape index (κ2) is 6.46. The molecule has 0 aromatic heterocycles. The van der Waals surface area contributed by atoms with Crippen LogP contribution in [0.25, 0.3) is 0 Å². The van der Waals surface area contributed by atoms with Gasteiger partial charge in [-0.05, 0) is 54.9 Å². The highest BCUT2D eigenvalue weighted by atomic mass is 16.5. The molecular weight excluding hydrogens is 296 g/mol. The Morgan fingerprint density at radius 3 is 2.46 bits per heavy atom. The molecule has 0 aliphatic heterocycles. The molecule has 0 spiro atoms. The van der Waals surface area contributed by atoms with Crippen LogP contribution in [0, 0.1) is 11.3 Å². The number of aryl methyl sites for hydroxylation is 1. The molecule has 1 unspecified atom stereocenters. The Hall–Kier alpha value is -1.44. The van der Waals surface area contributed by atoms with Crippen molar-refractivity contribution in [3.8, 4) is 11.5 Å². The Balaban J connectivity index is 2.13. The Morgan fingerprint density at radius 2 is 1.83 bits per heavy atom. The van der Waals surface area contributed by atoms with E-state index in [9.17, 15) is 0 Å². The van der Waals surface area contributed by atoms with Crippen LogP contribution in [0.3, 0.4) is 0 Å². The lowest BCUT2D eigenvalue weighted by Crippen LogP contribution is -2.29. The smallest absolute Gasteiger partial charge is 0.164 e. The topological polar surface area (TPSA) is 18.5 Å². The molecule has 0 fully saturated rings. The third-order valence-corrected chi connectivity index (χ3v) is 6.16. The largest absolute Gasteiger partial charge is 0.493 e. The standard InChI is InChI=1S/C22H32O2/c1-14(2)17-12-15-9-10-19-16(8-7-11-22(19,3)4)13-18(15)21(24-6)20(17)23-5/h8,12,14,19H,7,9-11,13H2,1-6H3. The highest BCUT2D eigenvalue weighted by molar-refractivity contribution is 5.58. The number of hydrogen-bond donors (Lipinski definition) is 0. The quantitative estimate of drug-likeness (QED) is 0.665. The van der Waals surface area contributed by atoms with Crippen LogP contribution in [0.2, 0.25) is 0 Å². The number of fused-ring (bicyclic) bond motifs is 2. The van der Waals surface area contributed by atoms with E-state index in [-0.39, 0.29) is 0 Å². The molecule has 0 N–H and O–H groups in total. The summed E-state index contributed by atoms with van der Waals surface area (Å²) >= 11 is 0. The molecule has 0 saturated heterocycles. The third-order valence-electron chi connectivity index (χ3n) is 6.16. The SMILES string of the molecule is COc1c(C(C)C)cc2c(c1OC)CC1=CCCC(C)(C)C1CC2. The van der Waals surface area contributed by atoms with Crippen LogP contribution in [0.15, 0.2) is 17.7 Å². The molecule has 3 rings (SSSR count). The summed E-state index contributed by atoms with van der Waals surface area (Å²) < 4.78 is 11.6. The minimum Gasteiger partial charge on any atom is -0.493 e. The van der Waals surface area contributed by atoms with Gasteiger partial charge in [-0.1, -0.05) is 45.4 Å². The van der Waals surface area contributed by atoms with Gasteiger partial charge < -0.3 is 9.47 Å². The van der Waals surface area contributed by atoms with Crippen LogP contribution in [-0.2, 0) is 12.8 Å². The highest BCUT2D eigenvalue weighted by Crippen LogP contribution is 2.49. The van der Waals surface area contributed by atoms with E-state index >= 15 is 0 Å². The van der Waals surface area contributed by atoms with Crippen molar-refractivity contribution >= 4 is 0 Å². The summed E-state index contributed by atoms with van der Waals surface area (Å²) in [6.45, 7) is 9.34. The highest BCUT2D eigenvalue weighted by Gasteiger charge is 2.37. The van der Waals surface area contributed by atoms with Gasteiger partial charge in [0.2, 0.25) is 0 Å². The van der Waals surface area contributed by atoms with Gasteiger partial charge in [0, 0.05) is 11.1 Å². The lowest BCUT2D eigenvalue weighted by molar-refractivity contribution is 0.203. The molecule has 1 aromatic carbocycles. The lowest BCUT2D eigenvalue weighted by atomic mass is 9.66. The number of hydrogen-bond acceptors (Lipinski definition) is 2. The van der Waals surface area contributed by atoms with Gasteiger partial charge in [0.05, 0.1) is 14.2 Å². The van der Waals surface area contributed by atoms with E-state index in [2.05, 4.69) is 39.8 Å². The fourth-order valence-electron chi connectivity index (χ4n) is 4.75. The number of methoxy groups -OCH3 is 2. The number of rotatable bonds is 3. The zero-order valence-electron chi connectivity index (χ0n) is 16.2. The van der Waals surface area contributed by atoms with Crippen molar-refractivity contribution in [2.75, 3.05) is 14.2 Å². The van der Waals surface area contributed by atoms with E-state index in [1.54, 1.807) is 19.8 Å². The Morgan fingerprint density at radius 1 is 1.12 bits per heavy atom. The van der Waals surface area contributed by atoms with Crippen molar-refractivity contribution in [2.24, 2.45) is 11.3 Å². The van der Waals surface area contributed by atoms with Crippen LogP contribution in [-0.4, -0.2) is 14.2 Å². The van der Waals surface area contributed by atoms with E-state index in [1.165, 1.54) is 36.0 Å². The number of allylic oxidation sites excluding steroid dienone is 2. The fourth-order valence-corrected chi connectivity index (χ4v) is 4.75. The molecular formula is C22H32O2. The van der Waals surface area contributed by atoms with Crippen molar-refractivity contribution in [2.45, 2.75) is 65.7 Å². The van der Waals surface area contributed by atoms with Gasteiger partial charge in [0.25, 0.3) is 0 Å². The summed E-state index contributed by atoms with van der Waals surface area (Å²) in [6.07, 6.45) is 8.40. The first kappa shape index (κ1) is 17.4. The zero-order valence-corrected chi connectivity index (χ0v) is 16.2. The van der Waals surface area contributed by atoms with Gasteiger partial charge in [0.15, 0.2) is 11.5 Å². The normalized spacial score (nSPS) is 22.3. The molecule has 2 heteroatoms. The van der Waals surface area contributed by atoms with Gasteiger partial charge in [-0.15, -0.1) is 0 Å². The van der Waals surface area contributed by atoms with Crippen LogP contribution in [0.4, 0.5) is 0 Å². The summed E-state index contributed by atoms with van der Waals surface area (Å²) in [5.74, 6) is 3.01. The second-order valence-electron chi connectivity index (χ2n) is 8.40. The molecule has 132 valence electrons. The van der Waals surface area contributed by atoms with Crippen LogP contribution >= 0.6 is 0 Å². The molecule has 24 heavy (non-hydrogen) atoms. The number of ether oxygens (including phenoxy) is 2. The fraction of sp³-hybridized carbons (Fsp3) is 0.636. The van der Waals surface area contributed by atoms with E-state index in [0.29, 0.717) is 17.3 Å². The van der Waals surface area contributed by atoms with E-state index in [0.717, 1.165) is 24.3 Å². The predicted octanol–water partition coefficient (Wildman–Crippen LogP) is 5.68. The van der Waals surface area contributed by atoms with Gasteiger partial charge in [0.1, 0.15) is 0 Å². The molecule has 0 amide bonds. The van der Waals surface area contributed by atoms with Gasteiger partial charge >= 0.3 is 0 Å². The van der Waals surface area contributed by atoms with Crippen LogP contribution in [0.5, 0.6) is 11.5 Å². The monoisotopic (exact) mass is 328 g/mol. The minimum absolute atomic E-state index is 0.407. The number of benzene rings is 1. The van der Waals surface area contributed by atoms with Gasteiger partial charge in [-0.25, -0.2) is 0 Å². The van der Waals surface area contributed by atoms with Crippen molar-refractivity contribution in [3.63, 3.8) is 0 Å². The van der Waals surface area contributed by atoms with Gasteiger partial charge in [-0.2, -0.15) is 0 Å². The van der Waals surface area contributed by atoms with E-state index < -0.39 is 0 Å². The lowest BCUT2D eigenvalue weighted by Gasteiger charge is -2.39. The molecule has 1 atom stereocenters. The average Bonchev–Trinajstić information content (AvgIpc) is 2.72. The first-order valence-electron chi connectivity index (χ1n) is 9.34. The second-order valence-corrected chi connectivity index (χ2v) is 8.40. The van der Waals surface area contributed by atoms with Crippen LogP contribution in [0.1, 0.15) is 69.6 Å². The Kier molecular flexibility index (Phi) is 4.68. The Labute approximate surface area is 147 Å². The first-order valence-corrected chi connectivity index (χ1v) is 9.34. The minimum atomic E-state index is 0.407. The summed E-state index contributed by atoms with van der Waals surface area (Å²) in [5.41, 5.74) is 6.10. The predicted molar refractivity (Wildman–Crippen MR) is 100 cm³/mol. The molecule has 0 heterocycles. The molecule has 2 aliphatic rings. The molecule has 2 aliphatic carbocycles. The zero-order chi connectivity index (χ0) is 17.5. The maximum Gasteiger partial charge on any atom is 0.164 e. The average molecular weight is 328 g/mol. The summed E-state index contributed by atoms with van der Waals surface area (Å²) in [4.78, 5) is 0. The molecule has 2 nitrogen and oxygen atoms in total. The van der Waals surface area contributed by atoms with Crippen molar-refractivity contribution in [3.05, 3.63) is 34.4 Å². The first-order chi connectivity index (χ1) is 11.4. The Bertz CT molecular complexity index is 652. The summed E-state index contributed by atoms with van der Waals surface area (Å²) in [5, 5.41) is 0.